The Balaban J connectivity index is 1.83. The minimum Gasteiger partial charge on any atom is -0.489 e. The Morgan fingerprint density at radius 3 is 2.16 bits per heavy atom. The largest absolute Gasteiger partial charge is 0.489 e. The molecule has 0 amide bonds. The van der Waals surface area contributed by atoms with Gasteiger partial charge < -0.3 is 9.53 Å². The van der Waals surface area contributed by atoms with E-state index in [1.165, 1.54) is 0 Å². The summed E-state index contributed by atoms with van der Waals surface area (Å²) in [5.74, 6) is 0.505. The number of ether oxygens (including phenoxy) is 1. The van der Waals surface area contributed by atoms with Crippen molar-refractivity contribution < 1.29 is 9.53 Å². The van der Waals surface area contributed by atoms with Gasteiger partial charge in [-0.3, -0.25) is 0 Å². The summed E-state index contributed by atoms with van der Waals surface area (Å²) in [6.07, 6.45) is 1.66. The van der Waals surface area contributed by atoms with Crippen molar-refractivity contribution >= 4 is 22.2 Å². The highest BCUT2D eigenvalue weighted by Gasteiger charge is 2.17. The maximum absolute atomic E-state index is 11.8. The summed E-state index contributed by atoms with van der Waals surface area (Å²) in [5.41, 5.74) is 3.14. The second kappa shape index (κ2) is 8.63. The van der Waals surface area contributed by atoms with E-state index in [1.807, 2.05) is 78.9 Å². The predicted octanol–water partition coefficient (Wildman–Crippen LogP) is 5.55. The van der Waals surface area contributed by atoms with E-state index in [0.29, 0.717) is 13.0 Å². The van der Waals surface area contributed by atoms with Crippen LogP contribution in [0, 0.1) is 0 Å². The van der Waals surface area contributed by atoms with E-state index in [-0.39, 0.29) is 5.92 Å². The molecule has 0 aliphatic heterocycles. The third-order valence-corrected chi connectivity index (χ3v) is 4.56. The van der Waals surface area contributed by atoms with Crippen molar-refractivity contribution in [1.29, 1.82) is 0 Å². The van der Waals surface area contributed by atoms with E-state index in [0.717, 1.165) is 33.2 Å². The second-order valence-corrected chi connectivity index (χ2v) is 6.80. The normalized spacial score (nSPS) is 11.7. The Bertz CT molecular complexity index is 816. The van der Waals surface area contributed by atoms with Gasteiger partial charge in [0.25, 0.3) is 0 Å². The van der Waals surface area contributed by atoms with Crippen LogP contribution >= 0.6 is 15.9 Å². The van der Waals surface area contributed by atoms with Crippen molar-refractivity contribution in [2.45, 2.75) is 18.9 Å². The molecule has 1 unspecified atom stereocenters. The van der Waals surface area contributed by atoms with Crippen LogP contribution in [-0.4, -0.2) is 6.29 Å². The molecule has 0 spiro atoms. The lowest BCUT2D eigenvalue weighted by molar-refractivity contribution is -0.109. The van der Waals surface area contributed by atoms with Crippen molar-refractivity contribution in [3.8, 4) is 5.75 Å². The summed E-state index contributed by atoms with van der Waals surface area (Å²) in [6, 6.07) is 25.9. The smallest absolute Gasteiger partial charge is 0.127 e. The summed E-state index contributed by atoms with van der Waals surface area (Å²) >= 11 is 3.50. The Labute approximate surface area is 156 Å². The van der Waals surface area contributed by atoms with Crippen LogP contribution in [0.1, 0.15) is 22.6 Å². The van der Waals surface area contributed by atoms with Crippen molar-refractivity contribution in [3.63, 3.8) is 0 Å². The molecule has 126 valence electrons. The van der Waals surface area contributed by atoms with E-state index >= 15 is 0 Å². The molecule has 1 atom stereocenters. The molecule has 0 radical (unpaired) electrons. The van der Waals surface area contributed by atoms with Gasteiger partial charge in [0.1, 0.15) is 18.6 Å². The Hall–Kier alpha value is -2.39. The van der Waals surface area contributed by atoms with E-state index in [4.69, 9.17) is 4.74 Å². The average molecular weight is 395 g/mol. The molecule has 0 aromatic heterocycles. The number of carbonyl (C=O) groups is 1. The van der Waals surface area contributed by atoms with Gasteiger partial charge in [0.15, 0.2) is 0 Å². The fourth-order valence-electron chi connectivity index (χ4n) is 2.78. The molecular formula is C22H19BrO2. The number of hydrogen-bond acceptors (Lipinski definition) is 2. The van der Waals surface area contributed by atoms with Gasteiger partial charge >= 0.3 is 0 Å². The topological polar surface area (TPSA) is 26.3 Å². The lowest BCUT2D eigenvalue weighted by Crippen LogP contribution is -2.08. The molecular weight excluding hydrogens is 376 g/mol. The van der Waals surface area contributed by atoms with Gasteiger partial charge in [-0.15, -0.1) is 0 Å². The fraction of sp³-hybridized carbons (Fsp3) is 0.136. The van der Waals surface area contributed by atoms with Gasteiger partial charge in [0.05, 0.1) is 0 Å². The number of halogens is 1. The summed E-state index contributed by atoms with van der Waals surface area (Å²) in [4.78, 5) is 11.8. The molecule has 0 heterocycles. The third kappa shape index (κ3) is 4.80. The molecule has 0 bridgehead atoms. The van der Waals surface area contributed by atoms with E-state index < -0.39 is 0 Å². The van der Waals surface area contributed by atoms with Crippen LogP contribution in [0.3, 0.4) is 0 Å². The lowest BCUT2D eigenvalue weighted by atomic mass is 9.92. The van der Waals surface area contributed by atoms with E-state index in [1.54, 1.807) is 0 Å². The molecule has 3 rings (SSSR count). The summed E-state index contributed by atoms with van der Waals surface area (Å²) in [5, 5.41) is 0. The zero-order valence-corrected chi connectivity index (χ0v) is 15.4. The first-order chi connectivity index (χ1) is 12.3. The molecule has 0 aliphatic rings. The van der Waals surface area contributed by atoms with Crippen LogP contribution < -0.4 is 4.74 Å². The van der Waals surface area contributed by atoms with E-state index in [9.17, 15) is 4.79 Å². The molecule has 3 aromatic carbocycles. The average Bonchev–Trinajstić information content (AvgIpc) is 2.67. The van der Waals surface area contributed by atoms with Gasteiger partial charge in [-0.2, -0.15) is 0 Å². The number of rotatable bonds is 7. The first kappa shape index (κ1) is 17.4. The second-order valence-electron chi connectivity index (χ2n) is 5.89. The zero-order chi connectivity index (χ0) is 17.5. The maximum atomic E-state index is 11.8. The molecule has 0 fully saturated rings. The lowest BCUT2D eigenvalue weighted by Gasteiger charge is -2.17. The molecule has 2 nitrogen and oxygen atoms in total. The molecule has 0 saturated carbocycles. The summed E-state index contributed by atoms with van der Waals surface area (Å²) in [6.45, 7) is 0.479. The molecule has 3 heteroatoms. The van der Waals surface area contributed by atoms with Crippen molar-refractivity contribution in [1.82, 2.24) is 0 Å². The Morgan fingerprint density at radius 2 is 1.52 bits per heavy atom. The highest BCUT2D eigenvalue weighted by atomic mass is 79.9. The van der Waals surface area contributed by atoms with Crippen LogP contribution in [0.4, 0.5) is 0 Å². The summed E-state index contributed by atoms with van der Waals surface area (Å²) in [7, 11) is 0. The van der Waals surface area contributed by atoms with Gasteiger partial charge in [0.2, 0.25) is 0 Å². The first-order valence-corrected chi connectivity index (χ1v) is 9.01. The standard InChI is InChI=1S/C22H19BrO2/c23-20-11-12-22(25-16-18-9-5-2-6-10-18)21(14-20)19(15-24)13-17-7-3-1-4-8-17/h1-12,14-15,19H,13,16H2. The number of aldehydes is 1. The minimum absolute atomic E-state index is 0.245. The molecule has 0 aliphatic carbocycles. The van der Waals surface area contributed by atoms with E-state index in [2.05, 4.69) is 15.9 Å². The first-order valence-electron chi connectivity index (χ1n) is 8.21. The van der Waals surface area contributed by atoms with Crippen LogP contribution in [0.2, 0.25) is 0 Å². The predicted molar refractivity (Wildman–Crippen MR) is 104 cm³/mol. The van der Waals surface area contributed by atoms with Crippen LogP contribution in [0.25, 0.3) is 0 Å². The fourth-order valence-corrected chi connectivity index (χ4v) is 3.15. The van der Waals surface area contributed by atoms with Gasteiger partial charge in [-0.1, -0.05) is 76.6 Å². The Kier molecular flexibility index (Phi) is 6.02. The highest BCUT2D eigenvalue weighted by molar-refractivity contribution is 9.10. The monoisotopic (exact) mass is 394 g/mol. The maximum Gasteiger partial charge on any atom is 0.127 e. The van der Waals surface area contributed by atoms with Gasteiger partial charge in [-0.25, -0.2) is 0 Å². The van der Waals surface area contributed by atoms with Crippen LogP contribution in [-0.2, 0) is 17.8 Å². The molecule has 0 N–H and O–H groups in total. The molecule has 25 heavy (non-hydrogen) atoms. The Morgan fingerprint density at radius 1 is 0.880 bits per heavy atom. The molecule has 3 aromatic rings. The number of hydrogen-bond donors (Lipinski definition) is 0. The summed E-state index contributed by atoms with van der Waals surface area (Å²) < 4.78 is 6.96. The molecule has 0 saturated heterocycles. The number of benzene rings is 3. The van der Waals surface area contributed by atoms with Crippen LogP contribution in [0.15, 0.2) is 83.3 Å². The zero-order valence-electron chi connectivity index (χ0n) is 13.8. The quantitative estimate of drug-likeness (QED) is 0.490. The van der Waals surface area contributed by atoms with Crippen molar-refractivity contribution in [2.75, 3.05) is 0 Å². The minimum atomic E-state index is -0.245. The highest BCUT2D eigenvalue weighted by Crippen LogP contribution is 2.31. The van der Waals surface area contributed by atoms with Crippen molar-refractivity contribution in [3.05, 3.63) is 100 Å². The van der Waals surface area contributed by atoms with Crippen LogP contribution in [0.5, 0.6) is 5.75 Å². The van der Waals surface area contributed by atoms with Gasteiger partial charge in [-0.05, 0) is 35.7 Å². The number of carbonyl (C=O) groups excluding carboxylic acids is 1. The third-order valence-electron chi connectivity index (χ3n) is 4.07. The van der Waals surface area contributed by atoms with Gasteiger partial charge in [0, 0.05) is 16.0 Å². The van der Waals surface area contributed by atoms with Crippen molar-refractivity contribution in [2.24, 2.45) is 0 Å². The SMILES string of the molecule is O=CC(Cc1ccccc1)c1cc(Br)ccc1OCc1ccccc1.